The van der Waals surface area contributed by atoms with Gasteiger partial charge in [0.15, 0.2) is 0 Å². The maximum absolute atomic E-state index is 10.7. The number of carboxylic acid groups (broad SMARTS) is 1. The second-order valence-corrected chi connectivity index (χ2v) is 3.39. The first-order valence-corrected chi connectivity index (χ1v) is 5.08. The average molecular weight is 228 g/mol. The third-order valence-corrected chi connectivity index (χ3v) is 1.42. The number of ether oxygens (including phenoxy) is 1. The molecule has 0 saturated heterocycles. The van der Waals surface area contributed by atoms with Crippen LogP contribution in [0.15, 0.2) is 24.8 Å². The van der Waals surface area contributed by atoms with E-state index in [1.54, 1.807) is 13.0 Å². The van der Waals surface area contributed by atoms with Crippen LogP contribution in [0.2, 0.25) is 0 Å². The smallest absolute Gasteiger partial charge is 0.330 e. The van der Waals surface area contributed by atoms with Crippen LogP contribution in [0.1, 0.15) is 27.2 Å². The molecule has 0 bridgehead atoms. The van der Waals surface area contributed by atoms with Gasteiger partial charge in [0.25, 0.3) is 0 Å². The molecule has 92 valence electrons. The molecule has 16 heavy (non-hydrogen) atoms. The lowest BCUT2D eigenvalue weighted by molar-refractivity contribution is -0.138. The van der Waals surface area contributed by atoms with Gasteiger partial charge in [-0.25, -0.2) is 9.59 Å². The molecule has 0 atom stereocenters. The van der Waals surface area contributed by atoms with Crippen molar-refractivity contribution in [3.05, 3.63) is 24.8 Å². The molecule has 0 radical (unpaired) electrons. The Bertz CT molecular complexity index is 241. The Morgan fingerprint density at radius 2 is 1.94 bits per heavy atom. The monoisotopic (exact) mass is 228 g/mol. The number of aliphatic carboxylic acids is 1. The lowest BCUT2D eigenvalue weighted by atomic mass is 10.1. The Balaban J connectivity index is 0. The number of carbonyl (C=O) groups excluding carboxylic acids is 1. The van der Waals surface area contributed by atoms with Crippen molar-refractivity contribution in [1.29, 1.82) is 0 Å². The Morgan fingerprint density at radius 3 is 2.25 bits per heavy atom. The van der Waals surface area contributed by atoms with E-state index in [2.05, 4.69) is 20.4 Å². The molecule has 0 amide bonds. The normalized spacial score (nSPS) is 9.50. The Labute approximate surface area is 96.6 Å². The molecule has 0 saturated carbocycles. The fraction of sp³-hybridized carbons (Fsp3) is 0.500. The van der Waals surface area contributed by atoms with Gasteiger partial charge < -0.3 is 9.84 Å². The minimum absolute atomic E-state index is 0.242. The van der Waals surface area contributed by atoms with Gasteiger partial charge in [-0.05, 0) is 19.3 Å². The molecular weight excluding hydrogens is 208 g/mol. The first-order chi connectivity index (χ1) is 7.43. The molecule has 0 heterocycles. The molecule has 4 heteroatoms. The lowest BCUT2D eigenvalue weighted by Crippen LogP contribution is -2.04. The zero-order chi connectivity index (χ0) is 13.0. The maximum atomic E-state index is 10.7. The van der Waals surface area contributed by atoms with E-state index in [0.29, 0.717) is 12.5 Å². The van der Waals surface area contributed by atoms with Crippen molar-refractivity contribution in [2.45, 2.75) is 27.2 Å². The third kappa shape index (κ3) is 18.3. The molecule has 0 aliphatic carbocycles. The van der Waals surface area contributed by atoms with E-state index in [1.807, 2.05) is 0 Å². The molecule has 4 nitrogen and oxygen atoms in total. The summed E-state index contributed by atoms with van der Waals surface area (Å²) < 4.78 is 4.87. The van der Waals surface area contributed by atoms with E-state index < -0.39 is 5.97 Å². The number of carbonyl (C=O) groups is 2. The fourth-order valence-corrected chi connectivity index (χ4v) is 0.579. The van der Waals surface area contributed by atoms with Gasteiger partial charge in [-0.1, -0.05) is 26.5 Å². The van der Waals surface area contributed by atoms with E-state index in [1.165, 1.54) is 6.08 Å². The summed E-state index contributed by atoms with van der Waals surface area (Å²) in [6.07, 6.45) is 4.88. The molecule has 1 N–H and O–H groups in total. The van der Waals surface area contributed by atoms with Crippen molar-refractivity contribution in [3.63, 3.8) is 0 Å². The minimum Gasteiger partial charge on any atom is -0.478 e. The second-order valence-electron chi connectivity index (χ2n) is 3.39. The SMILES string of the molecule is C=CC(=O)O.CC=CC(=O)OCCC(C)C. The van der Waals surface area contributed by atoms with Gasteiger partial charge >= 0.3 is 11.9 Å². The lowest BCUT2D eigenvalue weighted by Gasteiger charge is -2.03. The molecule has 0 aromatic heterocycles. The van der Waals surface area contributed by atoms with Gasteiger partial charge in [-0.3, -0.25) is 0 Å². The van der Waals surface area contributed by atoms with Crippen LogP contribution in [-0.4, -0.2) is 23.7 Å². The Hall–Kier alpha value is -1.58. The van der Waals surface area contributed by atoms with Gasteiger partial charge in [0, 0.05) is 12.2 Å². The number of rotatable bonds is 5. The van der Waals surface area contributed by atoms with Crippen LogP contribution in [0.25, 0.3) is 0 Å². The van der Waals surface area contributed by atoms with Crippen LogP contribution in [0.4, 0.5) is 0 Å². The number of esters is 1. The summed E-state index contributed by atoms with van der Waals surface area (Å²) in [5, 5.41) is 7.60. The van der Waals surface area contributed by atoms with Crippen LogP contribution in [-0.2, 0) is 14.3 Å². The predicted octanol–water partition coefficient (Wildman–Crippen LogP) is 2.41. The largest absolute Gasteiger partial charge is 0.478 e. The second kappa shape index (κ2) is 11.5. The van der Waals surface area contributed by atoms with Crippen molar-refractivity contribution in [2.75, 3.05) is 6.61 Å². The number of carboxylic acids is 1. The van der Waals surface area contributed by atoms with Crippen molar-refractivity contribution >= 4 is 11.9 Å². The highest BCUT2D eigenvalue weighted by molar-refractivity contribution is 5.81. The highest BCUT2D eigenvalue weighted by atomic mass is 16.5. The minimum atomic E-state index is -0.981. The molecule has 0 rings (SSSR count). The van der Waals surface area contributed by atoms with Crippen LogP contribution in [0, 0.1) is 5.92 Å². The quantitative estimate of drug-likeness (QED) is 0.579. The van der Waals surface area contributed by atoms with E-state index in [4.69, 9.17) is 9.84 Å². The summed E-state index contributed by atoms with van der Waals surface area (Å²) in [5.41, 5.74) is 0. The van der Waals surface area contributed by atoms with Gasteiger partial charge in [0.05, 0.1) is 6.61 Å². The van der Waals surface area contributed by atoms with Gasteiger partial charge in [0.2, 0.25) is 0 Å². The van der Waals surface area contributed by atoms with Crippen LogP contribution < -0.4 is 0 Å². The summed E-state index contributed by atoms with van der Waals surface area (Å²) in [4.78, 5) is 20.0. The van der Waals surface area contributed by atoms with Crippen LogP contribution >= 0.6 is 0 Å². The van der Waals surface area contributed by atoms with Crippen molar-refractivity contribution in [1.82, 2.24) is 0 Å². The number of allylic oxidation sites excluding steroid dienone is 1. The fourth-order valence-electron chi connectivity index (χ4n) is 0.579. The van der Waals surface area contributed by atoms with E-state index >= 15 is 0 Å². The molecule has 0 aliphatic rings. The van der Waals surface area contributed by atoms with Crippen molar-refractivity contribution in [2.24, 2.45) is 5.92 Å². The summed E-state index contributed by atoms with van der Waals surface area (Å²) >= 11 is 0. The zero-order valence-electron chi connectivity index (χ0n) is 10.1. The standard InChI is InChI=1S/C9H16O2.C3H4O2/c1-4-5-9(10)11-7-6-8(2)3;1-2-3(4)5/h4-5,8H,6-7H2,1-3H3;2H,1H2,(H,4,5). The van der Waals surface area contributed by atoms with Gasteiger partial charge in [-0.15, -0.1) is 0 Å². The first-order valence-electron chi connectivity index (χ1n) is 5.08. The summed E-state index contributed by atoms with van der Waals surface area (Å²) in [6.45, 7) is 9.49. The highest BCUT2D eigenvalue weighted by Crippen LogP contribution is 1.98. The van der Waals surface area contributed by atoms with Crippen LogP contribution in [0.3, 0.4) is 0 Å². The predicted molar refractivity (Wildman–Crippen MR) is 63.1 cm³/mol. The summed E-state index contributed by atoms with van der Waals surface area (Å²) in [7, 11) is 0. The third-order valence-electron chi connectivity index (χ3n) is 1.42. The number of hydrogen-bond donors (Lipinski definition) is 1. The van der Waals surface area contributed by atoms with Crippen molar-refractivity contribution < 1.29 is 19.4 Å². The molecule has 0 unspecified atom stereocenters. The van der Waals surface area contributed by atoms with Gasteiger partial charge in [0.1, 0.15) is 0 Å². The Morgan fingerprint density at radius 1 is 1.44 bits per heavy atom. The Kier molecular flexibility index (Phi) is 12.1. The molecule has 0 spiro atoms. The van der Waals surface area contributed by atoms with Crippen molar-refractivity contribution in [3.8, 4) is 0 Å². The van der Waals surface area contributed by atoms with E-state index in [9.17, 15) is 9.59 Å². The molecule has 0 aromatic rings. The molecule has 0 aromatic carbocycles. The molecule has 0 aliphatic heterocycles. The van der Waals surface area contributed by atoms with E-state index in [-0.39, 0.29) is 5.97 Å². The first kappa shape index (κ1) is 16.8. The topological polar surface area (TPSA) is 63.6 Å². The summed E-state index contributed by atoms with van der Waals surface area (Å²) in [6, 6.07) is 0. The van der Waals surface area contributed by atoms with Gasteiger partial charge in [-0.2, -0.15) is 0 Å². The zero-order valence-corrected chi connectivity index (χ0v) is 10.1. The highest BCUT2D eigenvalue weighted by Gasteiger charge is 1.97. The van der Waals surface area contributed by atoms with Crippen LogP contribution in [0.5, 0.6) is 0 Å². The maximum Gasteiger partial charge on any atom is 0.330 e. The number of hydrogen-bond acceptors (Lipinski definition) is 3. The van der Waals surface area contributed by atoms with E-state index in [0.717, 1.165) is 12.5 Å². The summed E-state index contributed by atoms with van der Waals surface area (Å²) in [5.74, 6) is -0.633. The molecule has 0 fully saturated rings. The average Bonchev–Trinajstić information content (AvgIpc) is 2.18. The molecular formula is C12H20O4.